The number of aliphatic carboxylic acids is 1. The minimum absolute atomic E-state index is 0.139. The maximum absolute atomic E-state index is 11.6. The number of aliphatic hydroxyl groups excluding tert-OH is 1. The van der Waals surface area contributed by atoms with Gasteiger partial charge in [0, 0.05) is 25.1 Å². The summed E-state index contributed by atoms with van der Waals surface area (Å²) < 4.78 is 0. The van der Waals surface area contributed by atoms with E-state index in [2.05, 4.69) is 0 Å². The first kappa shape index (κ1) is 12.3. The normalized spacial score (nSPS) is 25.6. The number of nitrogens with zero attached hydrogens (tertiary/aromatic N) is 1. The van der Waals surface area contributed by atoms with Gasteiger partial charge in [0.05, 0.1) is 6.10 Å². The number of carboxylic acids is 1. The van der Waals surface area contributed by atoms with Gasteiger partial charge in [-0.1, -0.05) is 0 Å². The number of carbonyl (C=O) groups excluding carboxylic acids is 1. The van der Waals surface area contributed by atoms with E-state index in [1.807, 2.05) is 6.26 Å². The Bertz CT molecular complexity index is 258. The Morgan fingerprint density at radius 1 is 1.53 bits per heavy atom. The van der Waals surface area contributed by atoms with Crippen LogP contribution in [0, 0.1) is 0 Å². The first-order valence-electron chi connectivity index (χ1n) is 4.75. The van der Waals surface area contributed by atoms with E-state index in [9.17, 15) is 14.7 Å². The number of carbonyl (C=O) groups is 2. The average molecular weight is 233 g/mol. The zero-order valence-corrected chi connectivity index (χ0v) is 9.37. The molecule has 1 aliphatic rings. The molecule has 0 bridgehead atoms. The lowest BCUT2D eigenvalue weighted by Gasteiger charge is -2.20. The van der Waals surface area contributed by atoms with Gasteiger partial charge in [0.2, 0.25) is 5.91 Å². The molecule has 15 heavy (non-hydrogen) atoms. The quantitative estimate of drug-likeness (QED) is 0.702. The fraction of sp³-hybridized carbons (Fsp3) is 0.778. The Hall–Kier alpha value is -0.750. The second kappa shape index (κ2) is 5.37. The van der Waals surface area contributed by atoms with Crippen LogP contribution >= 0.6 is 11.8 Å². The molecule has 1 heterocycles. The zero-order valence-electron chi connectivity index (χ0n) is 8.55. The van der Waals surface area contributed by atoms with E-state index >= 15 is 0 Å². The van der Waals surface area contributed by atoms with E-state index in [0.29, 0.717) is 12.2 Å². The Labute approximate surface area is 92.4 Å². The van der Waals surface area contributed by atoms with Crippen molar-refractivity contribution in [2.75, 3.05) is 18.6 Å². The minimum Gasteiger partial charge on any atom is -0.480 e. The fourth-order valence-corrected chi connectivity index (χ4v) is 2.04. The average Bonchev–Trinajstić information content (AvgIpc) is 2.57. The van der Waals surface area contributed by atoms with Crippen molar-refractivity contribution in [2.24, 2.45) is 0 Å². The van der Waals surface area contributed by atoms with Crippen LogP contribution in [0.3, 0.4) is 0 Å². The number of carboxylic acid groups (broad SMARTS) is 1. The first-order chi connectivity index (χ1) is 7.06. The largest absolute Gasteiger partial charge is 0.480 e. The Morgan fingerprint density at radius 2 is 2.20 bits per heavy atom. The highest BCUT2D eigenvalue weighted by molar-refractivity contribution is 7.98. The van der Waals surface area contributed by atoms with Gasteiger partial charge in [0.25, 0.3) is 0 Å². The molecule has 1 saturated heterocycles. The number of likely N-dealkylation sites (tertiary alicyclic amines) is 1. The molecule has 0 saturated carbocycles. The highest BCUT2D eigenvalue weighted by Crippen LogP contribution is 2.19. The standard InChI is InChI=1S/C9H15NO4S/c1-15-3-2-8(12)10-5-6(11)4-7(10)9(13)14/h6-7,11H,2-5H2,1H3,(H,13,14)/t6-,7-/m1/s1. The summed E-state index contributed by atoms with van der Waals surface area (Å²) in [5.41, 5.74) is 0. The van der Waals surface area contributed by atoms with Gasteiger partial charge in [-0.05, 0) is 6.26 Å². The summed E-state index contributed by atoms with van der Waals surface area (Å²) >= 11 is 1.54. The molecular formula is C9H15NO4S. The van der Waals surface area contributed by atoms with Crippen LogP contribution in [0.15, 0.2) is 0 Å². The van der Waals surface area contributed by atoms with E-state index in [4.69, 9.17) is 5.11 Å². The second-order valence-corrected chi connectivity index (χ2v) is 4.52. The van der Waals surface area contributed by atoms with E-state index in [1.165, 1.54) is 4.90 Å². The van der Waals surface area contributed by atoms with Crippen molar-refractivity contribution in [1.82, 2.24) is 4.90 Å². The lowest BCUT2D eigenvalue weighted by atomic mass is 10.2. The summed E-state index contributed by atoms with van der Waals surface area (Å²) in [4.78, 5) is 23.7. The molecular weight excluding hydrogens is 218 g/mol. The van der Waals surface area contributed by atoms with Crippen LogP contribution in [0.1, 0.15) is 12.8 Å². The van der Waals surface area contributed by atoms with Crippen LogP contribution in [0.4, 0.5) is 0 Å². The Morgan fingerprint density at radius 3 is 2.73 bits per heavy atom. The maximum Gasteiger partial charge on any atom is 0.326 e. The summed E-state index contributed by atoms with van der Waals surface area (Å²) in [6.07, 6.45) is 1.66. The second-order valence-electron chi connectivity index (χ2n) is 3.53. The third kappa shape index (κ3) is 3.10. The fourth-order valence-electron chi connectivity index (χ4n) is 1.66. The summed E-state index contributed by atoms with van der Waals surface area (Å²) in [6.45, 7) is 0.143. The third-order valence-corrected chi connectivity index (χ3v) is 3.02. The van der Waals surface area contributed by atoms with Gasteiger partial charge in [-0.3, -0.25) is 4.79 Å². The van der Waals surface area contributed by atoms with Crippen LogP contribution < -0.4 is 0 Å². The summed E-state index contributed by atoms with van der Waals surface area (Å²) in [7, 11) is 0. The van der Waals surface area contributed by atoms with Crippen LogP contribution in [-0.4, -0.2) is 57.7 Å². The lowest BCUT2D eigenvalue weighted by molar-refractivity contribution is -0.148. The lowest BCUT2D eigenvalue weighted by Crippen LogP contribution is -2.40. The van der Waals surface area contributed by atoms with Crippen molar-refractivity contribution < 1.29 is 19.8 Å². The van der Waals surface area contributed by atoms with Crippen LogP contribution in [0.25, 0.3) is 0 Å². The van der Waals surface area contributed by atoms with E-state index in [-0.39, 0.29) is 18.9 Å². The molecule has 0 radical (unpaired) electrons. The zero-order chi connectivity index (χ0) is 11.4. The molecule has 0 aromatic carbocycles. The number of amides is 1. The van der Waals surface area contributed by atoms with Gasteiger partial charge >= 0.3 is 5.97 Å². The Balaban J connectivity index is 2.58. The monoisotopic (exact) mass is 233 g/mol. The predicted molar refractivity (Wildman–Crippen MR) is 56.8 cm³/mol. The van der Waals surface area contributed by atoms with Crippen LogP contribution in [0.2, 0.25) is 0 Å². The smallest absolute Gasteiger partial charge is 0.326 e. The van der Waals surface area contributed by atoms with E-state index in [1.54, 1.807) is 11.8 Å². The van der Waals surface area contributed by atoms with Crippen LogP contribution in [-0.2, 0) is 9.59 Å². The molecule has 0 spiro atoms. The minimum atomic E-state index is -1.04. The molecule has 1 rings (SSSR count). The molecule has 1 aliphatic heterocycles. The number of hydrogen-bond donors (Lipinski definition) is 2. The molecule has 0 aromatic heterocycles. The van der Waals surface area contributed by atoms with Crippen LogP contribution in [0.5, 0.6) is 0 Å². The van der Waals surface area contributed by atoms with Gasteiger partial charge < -0.3 is 15.1 Å². The third-order valence-electron chi connectivity index (χ3n) is 2.40. The molecule has 0 aromatic rings. The SMILES string of the molecule is CSCCC(=O)N1C[C@H](O)C[C@@H]1C(=O)O. The molecule has 5 nitrogen and oxygen atoms in total. The maximum atomic E-state index is 11.6. The van der Waals surface area contributed by atoms with Crippen molar-refractivity contribution in [1.29, 1.82) is 0 Å². The number of thioether (sulfide) groups is 1. The van der Waals surface area contributed by atoms with Gasteiger partial charge in [0.15, 0.2) is 0 Å². The van der Waals surface area contributed by atoms with E-state index < -0.39 is 18.1 Å². The van der Waals surface area contributed by atoms with Crippen molar-refractivity contribution in [3.05, 3.63) is 0 Å². The highest BCUT2D eigenvalue weighted by atomic mass is 32.2. The van der Waals surface area contributed by atoms with E-state index in [0.717, 1.165) is 0 Å². The van der Waals surface area contributed by atoms with Gasteiger partial charge in [-0.25, -0.2) is 4.79 Å². The van der Waals surface area contributed by atoms with Gasteiger partial charge in [-0.2, -0.15) is 11.8 Å². The molecule has 86 valence electrons. The van der Waals surface area contributed by atoms with Crippen molar-refractivity contribution in [2.45, 2.75) is 25.0 Å². The van der Waals surface area contributed by atoms with Crippen molar-refractivity contribution >= 4 is 23.6 Å². The highest BCUT2D eigenvalue weighted by Gasteiger charge is 2.38. The Kier molecular flexibility index (Phi) is 4.41. The predicted octanol–water partition coefficient (Wildman–Crippen LogP) is -0.214. The summed E-state index contributed by atoms with van der Waals surface area (Å²) in [5, 5.41) is 18.2. The number of aliphatic hydroxyl groups is 1. The number of rotatable bonds is 4. The first-order valence-corrected chi connectivity index (χ1v) is 6.15. The molecule has 2 atom stereocenters. The van der Waals surface area contributed by atoms with Crippen molar-refractivity contribution in [3.63, 3.8) is 0 Å². The molecule has 1 amide bonds. The van der Waals surface area contributed by atoms with Crippen molar-refractivity contribution in [3.8, 4) is 0 Å². The summed E-state index contributed by atoms with van der Waals surface area (Å²) in [5.74, 6) is -0.546. The summed E-state index contributed by atoms with van der Waals surface area (Å²) in [6, 6.07) is -0.852. The van der Waals surface area contributed by atoms with Gasteiger partial charge in [-0.15, -0.1) is 0 Å². The molecule has 0 aliphatic carbocycles. The topological polar surface area (TPSA) is 77.8 Å². The molecule has 1 fully saturated rings. The number of β-amino-alcohol motifs (C(OH)–C–C–N with tert-alkyl or cyclic N) is 1. The molecule has 0 unspecified atom stereocenters. The number of hydrogen-bond acceptors (Lipinski definition) is 4. The molecule has 6 heteroatoms. The molecule has 2 N–H and O–H groups in total. The van der Waals surface area contributed by atoms with Gasteiger partial charge in [0.1, 0.15) is 6.04 Å².